The topological polar surface area (TPSA) is 25.8 Å². The number of rotatable bonds is 2. The van der Waals surface area contributed by atoms with Crippen LogP contribution in [0.4, 0.5) is 0 Å². The number of aromatic nitrogens is 2. The molecular weight excluding hydrogens is 641 g/mol. The van der Waals surface area contributed by atoms with E-state index in [2.05, 4.69) is 170 Å². The Hall–Kier alpha value is -6.90. The van der Waals surface area contributed by atoms with Crippen molar-refractivity contribution >= 4 is 43.4 Å². The Kier molecular flexibility index (Phi) is 5.73. The Morgan fingerprint density at radius 3 is 1.70 bits per heavy atom. The zero-order valence-corrected chi connectivity index (χ0v) is 28.7. The molecule has 0 bridgehead atoms. The molecule has 2 heterocycles. The van der Waals surface area contributed by atoms with E-state index in [4.69, 9.17) is 9.97 Å². The van der Waals surface area contributed by atoms with Crippen LogP contribution in [0.5, 0.6) is 0 Å². The molecule has 0 unspecified atom stereocenters. The number of fused-ring (bicyclic) bond motifs is 17. The highest BCUT2D eigenvalue weighted by atomic mass is 14.8. The van der Waals surface area contributed by atoms with Crippen LogP contribution in [-0.4, -0.2) is 9.97 Å². The van der Waals surface area contributed by atoms with Crippen LogP contribution in [0.3, 0.4) is 0 Å². The first-order chi connectivity index (χ1) is 26.3. The van der Waals surface area contributed by atoms with Crippen LogP contribution in [0, 0.1) is 0 Å². The minimum Gasteiger partial charge on any atom is -0.254 e. The molecule has 12 rings (SSSR count). The third-order valence-electron chi connectivity index (χ3n) is 11.9. The fourth-order valence-corrected chi connectivity index (χ4v) is 9.76. The molecule has 1 spiro atoms. The van der Waals surface area contributed by atoms with Crippen LogP contribution in [0.2, 0.25) is 0 Å². The van der Waals surface area contributed by atoms with Gasteiger partial charge in [-0.25, -0.2) is 4.98 Å². The molecule has 2 nitrogen and oxygen atoms in total. The summed E-state index contributed by atoms with van der Waals surface area (Å²) in [5, 5.41) is 7.30. The molecule has 2 aliphatic carbocycles. The highest BCUT2D eigenvalue weighted by Gasteiger charge is 2.53. The van der Waals surface area contributed by atoms with E-state index in [9.17, 15) is 0 Å². The quantitative estimate of drug-likeness (QED) is 0.171. The van der Waals surface area contributed by atoms with Crippen molar-refractivity contribution in [3.05, 3.63) is 204 Å². The summed E-state index contributed by atoms with van der Waals surface area (Å²) < 4.78 is 0. The van der Waals surface area contributed by atoms with Crippen LogP contribution in [0.1, 0.15) is 22.3 Å². The second-order valence-corrected chi connectivity index (χ2v) is 14.4. The maximum absolute atomic E-state index is 5.25. The van der Waals surface area contributed by atoms with Gasteiger partial charge in [0.25, 0.3) is 0 Å². The molecule has 8 aromatic carbocycles. The summed E-state index contributed by atoms with van der Waals surface area (Å²) >= 11 is 0. The van der Waals surface area contributed by atoms with E-state index >= 15 is 0 Å². The number of hydrogen-bond acceptors (Lipinski definition) is 2. The van der Waals surface area contributed by atoms with Gasteiger partial charge in [0.05, 0.1) is 22.1 Å². The summed E-state index contributed by atoms with van der Waals surface area (Å²) in [5.41, 5.74) is 16.6. The highest BCUT2D eigenvalue weighted by Crippen LogP contribution is 2.65. The van der Waals surface area contributed by atoms with Crippen LogP contribution < -0.4 is 0 Å². The average Bonchev–Trinajstić information content (AvgIpc) is 3.71. The van der Waals surface area contributed by atoms with E-state index in [-0.39, 0.29) is 0 Å². The van der Waals surface area contributed by atoms with E-state index in [0.29, 0.717) is 0 Å². The summed E-state index contributed by atoms with van der Waals surface area (Å²) in [6.07, 6.45) is 1.85. The molecule has 0 aliphatic heterocycles. The first-order valence-electron chi connectivity index (χ1n) is 18.3. The van der Waals surface area contributed by atoms with Gasteiger partial charge >= 0.3 is 0 Å². The van der Waals surface area contributed by atoms with E-state index < -0.39 is 5.41 Å². The second kappa shape index (κ2) is 10.6. The molecule has 2 heteroatoms. The minimum atomic E-state index is -0.441. The Balaban J connectivity index is 1.11. The molecule has 0 amide bonds. The van der Waals surface area contributed by atoms with E-state index in [1.54, 1.807) is 0 Å². The number of nitrogens with zero attached hydrogens (tertiary/aromatic N) is 2. The molecule has 0 saturated carbocycles. The molecule has 0 atom stereocenters. The van der Waals surface area contributed by atoms with Crippen molar-refractivity contribution in [1.29, 1.82) is 0 Å². The molecule has 10 aromatic rings. The Bertz CT molecular complexity index is 3140. The van der Waals surface area contributed by atoms with Crippen LogP contribution >= 0.6 is 0 Å². The van der Waals surface area contributed by atoms with Gasteiger partial charge < -0.3 is 0 Å². The zero-order valence-electron chi connectivity index (χ0n) is 28.7. The molecule has 0 N–H and O–H groups in total. The summed E-state index contributed by atoms with van der Waals surface area (Å²) in [6.45, 7) is 0. The third-order valence-corrected chi connectivity index (χ3v) is 11.9. The van der Waals surface area contributed by atoms with Gasteiger partial charge in [0.15, 0.2) is 0 Å². The summed E-state index contributed by atoms with van der Waals surface area (Å²) in [5.74, 6) is 0. The summed E-state index contributed by atoms with van der Waals surface area (Å²) in [4.78, 5) is 9.96. The number of hydrogen-bond donors (Lipinski definition) is 0. The van der Waals surface area contributed by atoms with Gasteiger partial charge in [-0.05, 0) is 95.4 Å². The lowest BCUT2D eigenvalue weighted by molar-refractivity contribution is 0.809. The van der Waals surface area contributed by atoms with Crippen molar-refractivity contribution in [2.75, 3.05) is 0 Å². The van der Waals surface area contributed by atoms with Crippen molar-refractivity contribution in [3.63, 3.8) is 0 Å². The van der Waals surface area contributed by atoms with E-state index in [0.717, 1.165) is 38.6 Å². The molecule has 0 radical (unpaired) electrons. The summed E-state index contributed by atoms with van der Waals surface area (Å²) in [7, 11) is 0. The van der Waals surface area contributed by atoms with Crippen molar-refractivity contribution in [2.45, 2.75) is 5.41 Å². The zero-order chi connectivity index (χ0) is 34.7. The SMILES string of the molecule is c1ccc(-c2ccc3ccc4cccnc4c3n2)c(-c2ccc3c4c(ccc3c2)-c2ccc3ccccc3c2C42c3ccccc3-c3ccccc32)c1. The third kappa shape index (κ3) is 3.77. The van der Waals surface area contributed by atoms with Gasteiger partial charge in [-0.2, -0.15) is 0 Å². The van der Waals surface area contributed by atoms with Crippen LogP contribution in [0.25, 0.3) is 88.0 Å². The minimum absolute atomic E-state index is 0.441. The molecule has 2 aromatic heterocycles. The predicted molar refractivity (Wildman–Crippen MR) is 219 cm³/mol. The predicted octanol–water partition coefficient (Wildman–Crippen LogP) is 12.8. The first-order valence-corrected chi connectivity index (χ1v) is 18.3. The van der Waals surface area contributed by atoms with Crippen molar-refractivity contribution in [1.82, 2.24) is 9.97 Å². The van der Waals surface area contributed by atoms with Crippen molar-refractivity contribution in [3.8, 4) is 44.6 Å². The van der Waals surface area contributed by atoms with Crippen LogP contribution in [0.15, 0.2) is 182 Å². The smallest absolute Gasteiger partial charge is 0.0972 e. The monoisotopic (exact) mass is 670 g/mol. The maximum atomic E-state index is 5.25. The first kappa shape index (κ1) is 28.8. The van der Waals surface area contributed by atoms with Gasteiger partial charge in [0.1, 0.15) is 0 Å². The maximum Gasteiger partial charge on any atom is 0.0972 e. The van der Waals surface area contributed by atoms with Crippen LogP contribution in [-0.2, 0) is 5.41 Å². The largest absolute Gasteiger partial charge is 0.254 e. The van der Waals surface area contributed by atoms with E-state index in [1.807, 2.05) is 12.3 Å². The van der Waals surface area contributed by atoms with Crippen molar-refractivity contribution < 1.29 is 0 Å². The molecule has 0 saturated heterocycles. The molecular formula is C51H30N2. The van der Waals surface area contributed by atoms with Gasteiger partial charge in [-0.3, -0.25) is 4.98 Å². The lowest BCUT2D eigenvalue weighted by Gasteiger charge is -2.32. The molecule has 2 aliphatic rings. The Morgan fingerprint density at radius 1 is 0.358 bits per heavy atom. The lowest BCUT2D eigenvalue weighted by Crippen LogP contribution is -2.26. The average molecular weight is 671 g/mol. The van der Waals surface area contributed by atoms with Gasteiger partial charge in [-0.15, -0.1) is 0 Å². The number of benzene rings is 8. The standard InChI is InChI=1S/C51H30N2/c1-2-13-37-31(10-1)21-26-42-43-27-23-35-30-34(36-12-3-4-16-41(36)46-28-24-33-20-19-32-11-9-29-52-49(32)50(33)53-46)22-25-38(35)48(43)51(47(37)42)44-17-7-5-14-39(44)40-15-6-8-18-45(40)51/h1-30H. The van der Waals surface area contributed by atoms with E-state index in [1.165, 1.54) is 71.6 Å². The normalized spacial score (nSPS) is 13.4. The highest BCUT2D eigenvalue weighted by molar-refractivity contribution is 6.10. The Morgan fingerprint density at radius 2 is 0.925 bits per heavy atom. The molecule has 53 heavy (non-hydrogen) atoms. The fourth-order valence-electron chi connectivity index (χ4n) is 9.76. The second-order valence-electron chi connectivity index (χ2n) is 14.4. The Labute approximate surface area is 306 Å². The summed E-state index contributed by atoms with van der Waals surface area (Å²) in [6, 6.07) is 64.9. The lowest BCUT2D eigenvalue weighted by atomic mass is 9.68. The van der Waals surface area contributed by atoms with Gasteiger partial charge in [0, 0.05) is 22.5 Å². The van der Waals surface area contributed by atoms with Gasteiger partial charge in [-0.1, -0.05) is 158 Å². The van der Waals surface area contributed by atoms with Gasteiger partial charge in [0.2, 0.25) is 0 Å². The van der Waals surface area contributed by atoms with Crippen molar-refractivity contribution in [2.24, 2.45) is 0 Å². The molecule has 0 fully saturated rings. The fraction of sp³-hybridized carbons (Fsp3) is 0.0196. The molecule has 244 valence electrons. The number of pyridine rings is 2.